The van der Waals surface area contributed by atoms with E-state index in [2.05, 4.69) is 5.32 Å². The molecule has 0 aliphatic heterocycles. The van der Waals surface area contributed by atoms with Crippen LogP contribution in [0.15, 0.2) is 18.2 Å². The largest absolute Gasteiger partial charge is 0.351 e. The molecular weight excluding hydrogens is 240 g/mol. The highest BCUT2D eigenvalue weighted by atomic mass is 19.1. The summed E-state index contributed by atoms with van der Waals surface area (Å²) in [6.45, 7) is 4.57. The average molecular weight is 259 g/mol. The summed E-state index contributed by atoms with van der Waals surface area (Å²) >= 11 is 0. The van der Waals surface area contributed by atoms with Gasteiger partial charge in [0, 0.05) is 24.8 Å². The van der Waals surface area contributed by atoms with Gasteiger partial charge in [0.25, 0.3) is 0 Å². The monoisotopic (exact) mass is 259 g/mol. The van der Waals surface area contributed by atoms with Crippen molar-refractivity contribution in [1.29, 1.82) is 0 Å². The average Bonchev–Trinajstić information content (AvgIpc) is 2.33. The van der Waals surface area contributed by atoms with Crippen molar-refractivity contribution in [3.8, 4) is 0 Å². The molecule has 1 unspecified atom stereocenters. The molecule has 1 rings (SSSR count). The Morgan fingerprint density at radius 3 is 2.22 bits per heavy atom. The minimum Gasteiger partial charge on any atom is -0.351 e. The van der Waals surface area contributed by atoms with Gasteiger partial charge in [0.05, 0.1) is 6.04 Å². The van der Waals surface area contributed by atoms with Crippen LogP contribution in [0.1, 0.15) is 25.5 Å². The van der Waals surface area contributed by atoms with Crippen LogP contribution in [-0.4, -0.2) is 26.6 Å². The second-order valence-corrected chi connectivity index (χ2v) is 3.71. The molecule has 0 amide bonds. The van der Waals surface area contributed by atoms with E-state index in [0.29, 0.717) is 18.8 Å². The zero-order chi connectivity index (χ0) is 13.5. The highest BCUT2D eigenvalue weighted by Crippen LogP contribution is 2.23. The van der Waals surface area contributed by atoms with Crippen LogP contribution >= 0.6 is 0 Å². The van der Waals surface area contributed by atoms with Crippen LogP contribution in [0, 0.1) is 11.6 Å². The summed E-state index contributed by atoms with van der Waals surface area (Å²) in [6, 6.07) is 2.99. The molecule has 0 spiro atoms. The van der Waals surface area contributed by atoms with E-state index in [1.54, 1.807) is 7.05 Å². The van der Waals surface area contributed by atoms with Crippen molar-refractivity contribution in [2.45, 2.75) is 26.2 Å². The van der Waals surface area contributed by atoms with E-state index < -0.39 is 24.0 Å². The fourth-order valence-corrected chi connectivity index (χ4v) is 1.76. The minimum absolute atomic E-state index is 0.325. The topological polar surface area (TPSA) is 30.5 Å². The van der Waals surface area contributed by atoms with E-state index in [0.717, 1.165) is 6.07 Å². The minimum atomic E-state index is -0.612. The third kappa shape index (κ3) is 3.73. The molecule has 1 atom stereocenters. The molecule has 18 heavy (non-hydrogen) atoms. The number of benzene rings is 1. The third-order valence-corrected chi connectivity index (χ3v) is 2.54. The van der Waals surface area contributed by atoms with E-state index in [4.69, 9.17) is 9.47 Å². The molecule has 0 aliphatic carbocycles. The van der Waals surface area contributed by atoms with Crippen molar-refractivity contribution in [3.05, 3.63) is 35.4 Å². The fraction of sp³-hybridized carbons (Fsp3) is 0.538. The Hall–Kier alpha value is -1.04. The maximum absolute atomic E-state index is 13.7. The molecule has 0 saturated heterocycles. The Morgan fingerprint density at radius 2 is 1.78 bits per heavy atom. The predicted molar refractivity (Wildman–Crippen MR) is 65.2 cm³/mol. The van der Waals surface area contributed by atoms with Crippen molar-refractivity contribution in [2.75, 3.05) is 20.3 Å². The standard InChI is InChI=1S/C13H19F2NO2/c1-4-17-13(18-5-2)12(16-3)10-7-6-9(14)8-11(10)15/h6-8,12-13,16H,4-5H2,1-3H3. The Labute approximate surface area is 106 Å². The quantitative estimate of drug-likeness (QED) is 0.764. The van der Waals surface area contributed by atoms with Gasteiger partial charge in [-0.25, -0.2) is 8.78 Å². The van der Waals surface area contributed by atoms with E-state index in [9.17, 15) is 8.78 Å². The van der Waals surface area contributed by atoms with Crippen LogP contribution in [0.2, 0.25) is 0 Å². The highest BCUT2D eigenvalue weighted by Gasteiger charge is 2.25. The summed E-state index contributed by atoms with van der Waals surface area (Å²) in [7, 11) is 1.68. The summed E-state index contributed by atoms with van der Waals surface area (Å²) < 4.78 is 37.5. The summed E-state index contributed by atoms with van der Waals surface area (Å²) in [5.74, 6) is -1.21. The Bertz CT molecular complexity index is 368. The van der Waals surface area contributed by atoms with Gasteiger partial charge in [0.1, 0.15) is 11.6 Å². The van der Waals surface area contributed by atoms with E-state index in [-0.39, 0.29) is 0 Å². The van der Waals surface area contributed by atoms with Gasteiger partial charge >= 0.3 is 0 Å². The van der Waals surface area contributed by atoms with Crippen molar-refractivity contribution in [2.24, 2.45) is 0 Å². The lowest BCUT2D eigenvalue weighted by Crippen LogP contribution is -2.34. The second-order valence-electron chi connectivity index (χ2n) is 3.71. The first-order valence-corrected chi connectivity index (χ1v) is 5.99. The number of likely N-dealkylation sites (N-methyl/N-ethyl adjacent to an activating group) is 1. The maximum atomic E-state index is 13.7. The van der Waals surface area contributed by atoms with Gasteiger partial charge in [0.2, 0.25) is 0 Å². The molecule has 0 saturated carbocycles. The fourth-order valence-electron chi connectivity index (χ4n) is 1.76. The summed E-state index contributed by atoms with van der Waals surface area (Å²) in [4.78, 5) is 0. The molecule has 3 nitrogen and oxygen atoms in total. The van der Waals surface area contributed by atoms with E-state index >= 15 is 0 Å². The van der Waals surface area contributed by atoms with Crippen molar-refractivity contribution >= 4 is 0 Å². The zero-order valence-corrected chi connectivity index (χ0v) is 10.9. The highest BCUT2D eigenvalue weighted by molar-refractivity contribution is 5.22. The second kappa shape index (κ2) is 7.41. The number of halogens is 2. The number of hydrogen-bond donors (Lipinski definition) is 1. The van der Waals surface area contributed by atoms with Crippen LogP contribution < -0.4 is 5.32 Å². The van der Waals surface area contributed by atoms with Gasteiger partial charge < -0.3 is 14.8 Å². The van der Waals surface area contributed by atoms with Crippen LogP contribution in [0.3, 0.4) is 0 Å². The normalized spacial score (nSPS) is 13.0. The molecule has 102 valence electrons. The SMILES string of the molecule is CCOC(OCC)C(NC)c1ccc(F)cc1F. The summed E-state index contributed by atoms with van der Waals surface area (Å²) in [6.07, 6.45) is -0.607. The molecule has 0 fully saturated rings. The Morgan fingerprint density at radius 1 is 1.17 bits per heavy atom. The van der Waals surface area contributed by atoms with Gasteiger partial charge in [-0.2, -0.15) is 0 Å². The molecule has 0 heterocycles. The number of ether oxygens (including phenoxy) is 2. The lowest BCUT2D eigenvalue weighted by atomic mass is 10.1. The number of rotatable bonds is 7. The van der Waals surface area contributed by atoms with Crippen LogP contribution in [0.25, 0.3) is 0 Å². The van der Waals surface area contributed by atoms with Gasteiger partial charge in [-0.3, -0.25) is 0 Å². The van der Waals surface area contributed by atoms with E-state index in [1.807, 2.05) is 13.8 Å². The molecule has 0 aliphatic rings. The molecule has 0 aromatic heterocycles. The van der Waals surface area contributed by atoms with Gasteiger partial charge in [-0.15, -0.1) is 0 Å². The number of nitrogens with one attached hydrogen (secondary N) is 1. The van der Waals surface area contributed by atoms with Crippen molar-refractivity contribution in [3.63, 3.8) is 0 Å². The lowest BCUT2D eigenvalue weighted by molar-refractivity contribution is -0.154. The first kappa shape index (κ1) is 15.0. The Kier molecular flexibility index (Phi) is 6.18. The number of hydrogen-bond acceptors (Lipinski definition) is 3. The summed E-state index contributed by atoms with van der Waals surface area (Å²) in [5.41, 5.74) is 0.325. The van der Waals surface area contributed by atoms with Gasteiger partial charge in [-0.05, 0) is 27.0 Å². The van der Waals surface area contributed by atoms with Gasteiger partial charge in [0.15, 0.2) is 6.29 Å². The predicted octanol–water partition coefficient (Wildman–Crippen LogP) is 2.62. The van der Waals surface area contributed by atoms with Gasteiger partial charge in [-0.1, -0.05) is 6.07 Å². The molecule has 0 radical (unpaired) electrons. The first-order valence-electron chi connectivity index (χ1n) is 5.99. The first-order chi connectivity index (χ1) is 8.63. The molecule has 1 aromatic carbocycles. The van der Waals surface area contributed by atoms with Crippen molar-refractivity contribution in [1.82, 2.24) is 5.32 Å². The maximum Gasteiger partial charge on any atom is 0.176 e. The Balaban J connectivity index is 2.98. The lowest BCUT2D eigenvalue weighted by Gasteiger charge is -2.27. The zero-order valence-electron chi connectivity index (χ0n) is 10.9. The van der Waals surface area contributed by atoms with Crippen molar-refractivity contribution < 1.29 is 18.3 Å². The molecule has 0 bridgehead atoms. The van der Waals surface area contributed by atoms with Crippen LogP contribution in [-0.2, 0) is 9.47 Å². The molecule has 5 heteroatoms. The third-order valence-electron chi connectivity index (χ3n) is 2.54. The molecule has 1 N–H and O–H groups in total. The molecular formula is C13H19F2NO2. The summed E-state index contributed by atoms with van der Waals surface area (Å²) in [5, 5.41) is 2.94. The smallest absolute Gasteiger partial charge is 0.176 e. The van der Waals surface area contributed by atoms with E-state index in [1.165, 1.54) is 12.1 Å². The molecule has 1 aromatic rings. The van der Waals surface area contributed by atoms with Crippen LogP contribution in [0.4, 0.5) is 8.78 Å². The van der Waals surface area contributed by atoms with Crippen LogP contribution in [0.5, 0.6) is 0 Å².